The van der Waals surface area contributed by atoms with Crippen molar-refractivity contribution < 1.29 is 4.79 Å². The largest absolute Gasteiger partial charge is 0.354 e. The Labute approximate surface area is 105 Å². The number of nitrogens with one attached hydrogen (secondary N) is 1. The molecule has 1 heterocycles. The van der Waals surface area contributed by atoms with Gasteiger partial charge in [-0.2, -0.15) is 0 Å². The lowest BCUT2D eigenvalue weighted by atomic mass is 9.92. The Morgan fingerprint density at radius 3 is 2.82 bits per heavy atom. The molecule has 0 spiro atoms. The van der Waals surface area contributed by atoms with Gasteiger partial charge in [0.25, 0.3) is 0 Å². The Hall–Kier alpha value is -0.610. The zero-order chi connectivity index (χ0) is 12.8. The van der Waals surface area contributed by atoms with E-state index >= 15 is 0 Å². The van der Waals surface area contributed by atoms with Crippen LogP contribution in [-0.2, 0) is 4.79 Å². The van der Waals surface area contributed by atoms with E-state index in [1.807, 2.05) is 13.8 Å². The van der Waals surface area contributed by atoms with E-state index in [0.29, 0.717) is 19.0 Å². The Balaban J connectivity index is 2.32. The molecule has 1 aliphatic rings. The molecule has 1 saturated heterocycles. The van der Waals surface area contributed by atoms with Gasteiger partial charge in [0.1, 0.15) is 0 Å². The summed E-state index contributed by atoms with van der Waals surface area (Å²) in [6.45, 7) is 8.89. The van der Waals surface area contributed by atoms with Crippen molar-refractivity contribution in [1.82, 2.24) is 10.2 Å². The lowest BCUT2D eigenvalue weighted by Crippen LogP contribution is -2.47. The number of hydrogen-bond donors (Lipinski definition) is 2. The van der Waals surface area contributed by atoms with Crippen molar-refractivity contribution in [1.29, 1.82) is 0 Å². The lowest BCUT2D eigenvalue weighted by molar-refractivity contribution is -0.122. The minimum absolute atomic E-state index is 0.148. The van der Waals surface area contributed by atoms with Crippen LogP contribution >= 0.6 is 0 Å². The third kappa shape index (κ3) is 5.04. The number of nitrogens with zero attached hydrogens (tertiary/aromatic N) is 1. The van der Waals surface area contributed by atoms with Crippen molar-refractivity contribution in [3.63, 3.8) is 0 Å². The molecule has 1 aliphatic heterocycles. The molecule has 0 saturated carbocycles. The number of carbonyl (C=O) groups excluding carboxylic acids is 1. The molecule has 0 aliphatic carbocycles. The molecule has 0 aromatic heterocycles. The summed E-state index contributed by atoms with van der Waals surface area (Å²) in [5.74, 6) is 0.915. The summed E-state index contributed by atoms with van der Waals surface area (Å²) < 4.78 is 0. The number of rotatable bonds is 5. The Kier molecular flexibility index (Phi) is 5.92. The molecule has 1 rings (SSSR count). The van der Waals surface area contributed by atoms with E-state index in [1.54, 1.807) is 0 Å². The number of likely N-dealkylation sites (tertiary alicyclic amines) is 1. The van der Waals surface area contributed by atoms with Gasteiger partial charge in [-0.05, 0) is 39.2 Å². The number of piperidine rings is 1. The van der Waals surface area contributed by atoms with Crippen LogP contribution in [0.3, 0.4) is 0 Å². The zero-order valence-corrected chi connectivity index (χ0v) is 11.4. The number of amides is 1. The van der Waals surface area contributed by atoms with Gasteiger partial charge in [0.05, 0.1) is 0 Å². The third-order valence-corrected chi connectivity index (χ3v) is 3.45. The van der Waals surface area contributed by atoms with E-state index in [2.05, 4.69) is 17.1 Å². The minimum atomic E-state index is 0.148. The van der Waals surface area contributed by atoms with Gasteiger partial charge in [0.2, 0.25) is 5.91 Å². The summed E-state index contributed by atoms with van der Waals surface area (Å²) in [7, 11) is 0. The SMILES string of the molecule is CC1CCN(CCC(=O)NC(C)C)C(CN)C1. The van der Waals surface area contributed by atoms with E-state index in [1.165, 1.54) is 12.8 Å². The molecule has 17 heavy (non-hydrogen) atoms. The standard InChI is InChI=1S/C13H27N3O/c1-10(2)15-13(17)5-7-16-6-4-11(3)8-12(16)9-14/h10-12H,4-9,14H2,1-3H3,(H,15,17). The highest BCUT2D eigenvalue weighted by Gasteiger charge is 2.25. The van der Waals surface area contributed by atoms with Crippen LogP contribution in [0, 0.1) is 5.92 Å². The van der Waals surface area contributed by atoms with Gasteiger partial charge in [-0.1, -0.05) is 6.92 Å². The van der Waals surface area contributed by atoms with Crippen LogP contribution in [0.25, 0.3) is 0 Å². The van der Waals surface area contributed by atoms with E-state index in [-0.39, 0.29) is 11.9 Å². The highest BCUT2D eigenvalue weighted by Crippen LogP contribution is 2.21. The van der Waals surface area contributed by atoms with Gasteiger partial charge < -0.3 is 11.1 Å². The molecule has 2 atom stereocenters. The number of nitrogens with two attached hydrogens (primary N) is 1. The molecule has 4 heteroatoms. The molecular weight excluding hydrogens is 214 g/mol. The van der Waals surface area contributed by atoms with Gasteiger partial charge in [0, 0.05) is 31.6 Å². The summed E-state index contributed by atoms with van der Waals surface area (Å²) in [6, 6.07) is 0.694. The van der Waals surface area contributed by atoms with Crippen LogP contribution in [0.4, 0.5) is 0 Å². The molecule has 0 aromatic carbocycles. The van der Waals surface area contributed by atoms with E-state index in [0.717, 1.165) is 19.0 Å². The first-order valence-electron chi connectivity index (χ1n) is 6.76. The fraction of sp³-hybridized carbons (Fsp3) is 0.923. The maximum absolute atomic E-state index is 11.6. The maximum Gasteiger partial charge on any atom is 0.221 e. The summed E-state index contributed by atoms with van der Waals surface area (Å²) in [4.78, 5) is 14.0. The first-order valence-corrected chi connectivity index (χ1v) is 6.76. The van der Waals surface area contributed by atoms with Gasteiger partial charge in [-0.15, -0.1) is 0 Å². The van der Waals surface area contributed by atoms with E-state index in [9.17, 15) is 4.79 Å². The second-order valence-corrected chi connectivity index (χ2v) is 5.53. The van der Waals surface area contributed by atoms with Gasteiger partial charge >= 0.3 is 0 Å². The van der Waals surface area contributed by atoms with Crippen LogP contribution in [0.1, 0.15) is 40.0 Å². The summed E-state index contributed by atoms with van der Waals surface area (Å²) in [5.41, 5.74) is 5.80. The zero-order valence-electron chi connectivity index (χ0n) is 11.4. The van der Waals surface area contributed by atoms with Crippen molar-refractivity contribution in [2.75, 3.05) is 19.6 Å². The normalized spacial score (nSPS) is 26.2. The lowest BCUT2D eigenvalue weighted by Gasteiger charge is -2.37. The maximum atomic E-state index is 11.6. The Bertz CT molecular complexity index is 243. The monoisotopic (exact) mass is 241 g/mol. The van der Waals surface area contributed by atoms with Crippen LogP contribution in [0.15, 0.2) is 0 Å². The second-order valence-electron chi connectivity index (χ2n) is 5.53. The molecular formula is C13H27N3O. The van der Waals surface area contributed by atoms with Crippen LogP contribution in [0.2, 0.25) is 0 Å². The Morgan fingerprint density at radius 1 is 1.53 bits per heavy atom. The smallest absolute Gasteiger partial charge is 0.221 e. The molecule has 1 fully saturated rings. The van der Waals surface area contributed by atoms with Crippen molar-refractivity contribution in [2.24, 2.45) is 11.7 Å². The fourth-order valence-electron chi connectivity index (χ4n) is 2.48. The first-order chi connectivity index (χ1) is 8.02. The van der Waals surface area contributed by atoms with Crippen LogP contribution in [-0.4, -0.2) is 42.5 Å². The first kappa shape index (κ1) is 14.5. The van der Waals surface area contributed by atoms with Crippen LogP contribution in [0.5, 0.6) is 0 Å². The van der Waals surface area contributed by atoms with Crippen LogP contribution < -0.4 is 11.1 Å². The molecule has 0 aromatic rings. The van der Waals surface area contributed by atoms with E-state index < -0.39 is 0 Å². The molecule has 3 N–H and O–H groups in total. The molecule has 1 amide bonds. The average molecular weight is 241 g/mol. The fourth-order valence-corrected chi connectivity index (χ4v) is 2.48. The predicted molar refractivity (Wildman–Crippen MR) is 70.7 cm³/mol. The van der Waals surface area contributed by atoms with Crippen molar-refractivity contribution in [2.45, 2.75) is 52.1 Å². The number of hydrogen-bond acceptors (Lipinski definition) is 3. The van der Waals surface area contributed by atoms with Gasteiger partial charge in [-0.25, -0.2) is 0 Å². The molecule has 4 nitrogen and oxygen atoms in total. The summed E-state index contributed by atoms with van der Waals surface area (Å²) in [5, 5.41) is 2.93. The third-order valence-electron chi connectivity index (χ3n) is 3.45. The number of carbonyl (C=O) groups is 1. The quantitative estimate of drug-likeness (QED) is 0.754. The topological polar surface area (TPSA) is 58.4 Å². The summed E-state index contributed by atoms with van der Waals surface area (Å²) >= 11 is 0. The molecule has 0 bridgehead atoms. The average Bonchev–Trinajstić information content (AvgIpc) is 2.26. The van der Waals surface area contributed by atoms with E-state index in [4.69, 9.17) is 5.73 Å². The second kappa shape index (κ2) is 6.97. The minimum Gasteiger partial charge on any atom is -0.354 e. The highest BCUT2D eigenvalue weighted by molar-refractivity contribution is 5.76. The Morgan fingerprint density at radius 2 is 2.24 bits per heavy atom. The molecule has 100 valence electrons. The van der Waals surface area contributed by atoms with Crippen molar-refractivity contribution >= 4 is 5.91 Å². The highest BCUT2D eigenvalue weighted by atomic mass is 16.1. The predicted octanol–water partition coefficient (Wildman–Crippen LogP) is 0.960. The summed E-state index contributed by atoms with van der Waals surface area (Å²) in [6.07, 6.45) is 2.98. The van der Waals surface area contributed by atoms with Crippen molar-refractivity contribution in [3.05, 3.63) is 0 Å². The van der Waals surface area contributed by atoms with Gasteiger partial charge in [0.15, 0.2) is 0 Å². The molecule has 2 unspecified atom stereocenters. The van der Waals surface area contributed by atoms with Gasteiger partial charge in [-0.3, -0.25) is 9.69 Å². The molecule has 0 radical (unpaired) electrons. The van der Waals surface area contributed by atoms with Crippen molar-refractivity contribution in [3.8, 4) is 0 Å².